The van der Waals surface area contributed by atoms with E-state index in [1.807, 2.05) is 0 Å². The maximum Gasteiger partial charge on any atom is 0.279 e. The summed E-state index contributed by atoms with van der Waals surface area (Å²) in [6, 6.07) is 5.66. The SMILES string of the molecule is CN(C)S(=O)(=O)NCC#Cc1ccc(F)cc1. The van der Waals surface area contributed by atoms with E-state index >= 15 is 0 Å². The van der Waals surface area contributed by atoms with Crippen molar-refractivity contribution in [1.82, 2.24) is 9.03 Å². The average Bonchev–Trinajstić information content (AvgIpc) is 2.26. The van der Waals surface area contributed by atoms with Crippen LogP contribution in [0.4, 0.5) is 4.39 Å². The van der Waals surface area contributed by atoms with Gasteiger partial charge in [-0.3, -0.25) is 0 Å². The molecule has 1 rings (SSSR count). The summed E-state index contributed by atoms with van der Waals surface area (Å²) in [7, 11) is -0.586. The van der Waals surface area contributed by atoms with Gasteiger partial charge in [-0.2, -0.15) is 17.4 Å². The highest BCUT2D eigenvalue weighted by molar-refractivity contribution is 7.87. The molecule has 1 aromatic rings. The second kappa shape index (κ2) is 5.77. The zero-order chi connectivity index (χ0) is 12.9. The minimum atomic E-state index is -3.44. The van der Waals surface area contributed by atoms with Gasteiger partial charge in [0.05, 0.1) is 6.54 Å². The van der Waals surface area contributed by atoms with Crippen LogP contribution in [0.3, 0.4) is 0 Å². The third-order valence-corrected chi connectivity index (χ3v) is 3.37. The second-order valence-corrected chi connectivity index (χ2v) is 5.39. The highest BCUT2D eigenvalue weighted by Gasteiger charge is 2.10. The van der Waals surface area contributed by atoms with Crippen LogP contribution >= 0.6 is 0 Å². The monoisotopic (exact) mass is 256 g/mol. The molecule has 0 radical (unpaired) electrons. The molecule has 0 aromatic heterocycles. The predicted octanol–water partition coefficient (Wildman–Crippen LogP) is 0.573. The first kappa shape index (κ1) is 13.6. The lowest BCUT2D eigenvalue weighted by molar-refractivity contribution is 0.509. The first-order chi connectivity index (χ1) is 7.92. The smallest absolute Gasteiger partial charge is 0.207 e. The predicted molar refractivity (Wildman–Crippen MR) is 63.9 cm³/mol. The Balaban J connectivity index is 2.56. The van der Waals surface area contributed by atoms with E-state index in [0.29, 0.717) is 5.56 Å². The quantitative estimate of drug-likeness (QED) is 0.804. The van der Waals surface area contributed by atoms with Crippen molar-refractivity contribution < 1.29 is 12.8 Å². The first-order valence-corrected chi connectivity index (χ1v) is 6.27. The Morgan fingerprint density at radius 1 is 1.29 bits per heavy atom. The van der Waals surface area contributed by atoms with E-state index in [1.54, 1.807) is 0 Å². The molecule has 4 nitrogen and oxygen atoms in total. The van der Waals surface area contributed by atoms with Crippen molar-refractivity contribution in [3.05, 3.63) is 35.6 Å². The third-order valence-electron chi connectivity index (χ3n) is 1.90. The molecule has 0 aliphatic carbocycles. The molecule has 0 fully saturated rings. The van der Waals surface area contributed by atoms with Crippen molar-refractivity contribution >= 4 is 10.2 Å². The summed E-state index contributed by atoms with van der Waals surface area (Å²) in [4.78, 5) is 0. The molecule has 0 unspecified atom stereocenters. The van der Waals surface area contributed by atoms with Crippen LogP contribution in [0.25, 0.3) is 0 Å². The van der Waals surface area contributed by atoms with Crippen LogP contribution in [0.2, 0.25) is 0 Å². The van der Waals surface area contributed by atoms with Crippen molar-refractivity contribution in [3.8, 4) is 11.8 Å². The van der Waals surface area contributed by atoms with Gasteiger partial charge in [0.1, 0.15) is 5.82 Å². The first-order valence-electron chi connectivity index (χ1n) is 4.83. The number of hydrogen-bond acceptors (Lipinski definition) is 2. The summed E-state index contributed by atoms with van der Waals surface area (Å²) in [5.41, 5.74) is 0.635. The van der Waals surface area contributed by atoms with Crippen LogP contribution in [0, 0.1) is 17.7 Å². The number of nitrogens with zero attached hydrogens (tertiary/aromatic N) is 1. The van der Waals surface area contributed by atoms with Gasteiger partial charge < -0.3 is 0 Å². The molecule has 0 bridgehead atoms. The number of nitrogens with one attached hydrogen (secondary N) is 1. The van der Waals surface area contributed by atoms with E-state index in [2.05, 4.69) is 16.6 Å². The van der Waals surface area contributed by atoms with Crippen LogP contribution in [0.1, 0.15) is 5.56 Å². The van der Waals surface area contributed by atoms with E-state index in [1.165, 1.54) is 38.4 Å². The molecule has 0 spiro atoms. The fourth-order valence-corrected chi connectivity index (χ4v) is 1.45. The van der Waals surface area contributed by atoms with Crippen LogP contribution < -0.4 is 4.72 Å². The Labute approximate surface area is 101 Å². The van der Waals surface area contributed by atoms with Crippen molar-refractivity contribution in [1.29, 1.82) is 0 Å². The molecule has 0 atom stereocenters. The minimum absolute atomic E-state index is 0.0118. The summed E-state index contributed by atoms with van der Waals surface area (Å²) in [6.45, 7) is 0.0118. The van der Waals surface area contributed by atoms with Gasteiger partial charge in [-0.05, 0) is 24.3 Å². The largest absolute Gasteiger partial charge is 0.279 e. The summed E-state index contributed by atoms with van der Waals surface area (Å²) >= 11 is 0. The lowest BCUT2D eigenvalue weighted by atomic mass is 10.2. The molecule has 92 valence electrons. The average molecular weight is 256 g/mol. The molecule has 1 aromatic carbocycles. The van der Waals surface area contributed by atoms with Crippen molar-refractivity contribution in [2.75, 3.05) is 20.6 Å². The zero-order valence-corrected chi connectivity index (χ0v) is 10.4. The fraction of sp³-hybridized carbons (Fsp3) is 0.273. The Morgan fingerprint density at radius 3 is 2.41 bits per heavy atom. The molecule has 17 heavy (non-hydrogen) atoms. The highest BCUT2D eigenvalue weighted by Crippen LogP contribution is 2.00. The van der Waals surface area contributed by atoms with E-state index < -0.39 is 10.2 Å². The molecule has 0 amide bonds. The molecule has 0 saturated carbocycles. The van der Waals surface area contributed by atoms with Gasteiger partial charge in [0.15, 0.2) is 0 Å². The maximum absolute atomic E-state index is 12.6. The van der Waals surface area contributed by atoms with Crippen LogP contribution in [-0.4, -0.2) is 33.4 Å². The maximum atomic E-state index is 12.6. The Hall–Kier alpha value is -1.42. The van der Waals surface area contributed by atoms with Crippen LogP contribution in [0.15, 0.2) is 24.3 Å². The summed E-state index contributed by atoms with van der Waals surface area (Å²) in [5.74, 6) is 5.03. The van der Waals surface area contributed by atoms with E-state index in [9.17, 15) is 12.8 Å². The molecular formula is C11H13FN2O2S. The lowest BCUT2D eigenvalue weighted by Crippen LogP contribution is -2.35. The normalized spacial score (nSPS) is 11.1. The van der Waals surface area contributed by atoms with E-state index in [-0.39, 0.29) is 12.4 Å². The summed E-state index contributed by atoms with van der Waals surface area (Å²) in [5, 5.41) is 0. The second-order valence-electron chi connectivity index (χ2n) is 3.42. The fourth-order valence-electron chi connectivity index (χ4n) is 0.936. The van der Waals surface area contributed by atoms with Gasteiger partial charge in [0.25, 0.3) is 10.2 Å². The van der Waals surface area contributed by atoms with E-state index in [4.69, 9.17) is 0 Å². The molecule has 0 saturated heterocycles. The highest BCUT2D eigenvalue weighted by atomic mass is 32.2. The van der Waals surface area contributed by atoms with Gasteiger partial charge >= 0.3 is 0 Å². The molecular weight excluding hydrogens is 243 g/mol. The molecule has 0 aliphatic rings. The van der Waals surface area contributed by atoms with Gasteiger partial charge in [0, 0.05) is 19.7 Å². The summed E-state index contributed by atoms with van der Waals surface area (Å²) < 4.78 is 38.5. The summed E-state index contributed by atoms with van der Waals surface area (Å²) in [6.07, 6.45) is 0. The van der Waals surface area contributed by atoms with Gasteiger partial charge in [0.2, 0.25) is 0 Å². The number of halogens is 1. The number of benzene rings is 1. The molecule has 0 aliphatic heterocycles. The Kier molecular flexibility index (Phi) is 4.63. The van der Waals surface area contributed by atoms with Gasteiger partial charge in [-0.1, -0.05) is 11.8 Å². The third kappa shape index (κ3) is 4.53. The number of hydrogen-bond donors (Lipinski definition) is 1. The molecule has 6 heteroatoms. The topological polar surface area (TPSA) is 49.4 Å². The van der Waals surface area contributed by atoms with Crippen molar-refractivity contribution in [3.63, 3.8) is 0 Å². The minimum Gasteiger partial charge on any atom is -0.207 e. The Morgan fingerprint density at radius 2 is 1.88 bits per heavy atom. The van der Waals surface area contributed by atoms with Gasteiger partial charge in [-0.15, -0.1) is 0 Å². The zero-order valence-electron chi connectivity index (χ0n) is 9.57. The van der Waals surface area contributed by atoms with Crippen LogP contribution in [-0.2, 0) is 10.2 Å². The standard InChI is InChI=1S/C11H13FN2O2S/c1-14(2)17(15,16)13-9-3-4-10-5-7-11(12)8-6-10/h5-8,13H,9H2,1-2H3. The molecule has 1 N–H and O–H groups in total. The Bertz CT molecular complexity index is 527. The van der Waals surface area contributed by atoms with Crippen LogP contribution in [0.5, 0.6) is 0 Å². The molecule has 0 heterocycles. The van der Waals surface area contributed by atoms with Crippen molar-refractivity contribution in [2.24, 2.45) is 0 Å². The van der Waals surface area contributed by atoms with E-state index in [0.717, 1.165) is 4.31 Å². The van der Waals surface area contributed by atoms with Crippen molar-refractivity contribution in [2.45, 2.75) is 0 Å². The lowest BCUT2D eigenvalue weighted by Gasteiger charge is -2.09. The number of rotatable bonds is 3. The van der Waals surface area contributed by atoms with Gasteiger partial charge in [-0.25, -0.2) is 4.39 Å².